The van der Waals surface area contributed by atoms with Crippen molar-refractivity contribution in [3.8, 4) is 5.75 Å². The summed E-state index contributed by atoms with van der Waals surface area (Å²) in [5.41, 5.74) is 0.722. The van der Waals surface area contributed by atoms with Gasteiger partial charge in [-0.2, -0.15) is 0 Å². The number of amides is 2. The third kappa shape index (κ3) is 2.67. The van der Waals surface area contributed by atoms with E-state index in [0.29, 0.717) is 16.3 Å². The summed E-state index contributed by atoms with van der Waals surface area (Å²) in [4.78, 5) is 38.8. The molecule has 2 amide bonds. The van der Waals surface area contributed by atoms with Gasteiger partial charge in [0.25, 0.3) is 0 Å². The second-order valence-electron chi connectivity index (χ2n) is 6.56. The lowest BCUT2D eigenvalue weighted by atomic mass is 9.86. The molecular formula is C19H15ClN2O5. The molecule has 2 heterocycles. The highest BCUT2D eigenvalue weighted by atomic mass is 35.5. The van der Waals surface area contributed by atoms with Crippen LogP contribution in [0.4, 0.5) is 5.69 Å². The smallest absolute Gasteiger partial charge is 0.321 e. The summed E-state index contributed by atoms with van der Waals surface area (Å²) < 4.78 is 0. The fourth-order valence-electron chi connectivity index (χ4n) is 3.92. The van der Waals surface area contributed by atoms with Crippen molar-refractivity contribution in [2.75, 3.05) is 4.90 Å². The summed E-state index contributed by atoms with van der Waals surface area (Å²) in [6, 6.07) is 10.5. The molecule has 0 saturated carbocycles. The molecule has 0 aromatic heterocycles. The number of carboxylic acid groups (broad SMARTS) is 1. The van der Waals surface area contributed by atoms with Gasteiger partial charge in [-0.15, -0.1) is 0 Å². The average molecular weight is 387 g/mol. The van der Waals surface area contributed by atoms with Crippen LogP contribution in [0.3, 0.4) is 0 Å². The number of hydrogen-bond donors (Lipinski definition) is 3. The summed E-state index contributed by atoms with van der Waals surface area (Å²) in [6.07, 6.45) is 0. The number of aromatic hydroxyl groups is 1. The third-order valence-electron chi connectivity index (χ3n) is 5.10. The molecule has 138 valence electrons. The molecule has 0 aliphatic carbocycles. The van der Waals surface area contributed by atoms with Crippen molar-refractivity contribution in [2.24, 2.45) is 11.8 Å². The van der Waals surface area contributed by atoms with Crippen LogP contribution in [0.2, 0.25) is 5.02 Å². The van der Waals surface area contributed by atoms with Gasteiger partial charge in [-0.25, -0.2) is 4.90 Å². The molecule has 0 unspecified atom stereocenters. The quantitative estimate of drug-likeness (QED) is 0.696. The van der Waals surface area contributed by atoms with E-state index in [1.807, 2.05) is 0 Å². The largest absolute Gasteiger partial charge is 0.508 e. The number of halogens is 1. The fourth-order valence-corrected chi connectivity index (χ4v) is 4.04. The van der Waals surface area contributed by atoms with E-state index < -0.39 is 41.7 Å². The maximum absolute atomic E-state index is 13.1. The molecule has 4 atom stereocenters. The second-order valence-corrected chi connectivity index (χ2v) is 7.00. The molecule has 2 aliphatic heterocycles. The number of benzene rings is 2. The monoisotopic (exact) mass is 386 g/mol. The van der Waals surface area contributed by atoms with E-state index in [-0.39, 0.29) is 5.75 Å². The Morgan fingerprint density at radius 1 is 1.00 bits per heavy atom. The predicted molar refractivity (Wildman–Crippen MR) is 96.3 cm³/mol. The van der Waals surface area contributed by atoms with Crippen LogP contribution in [-0.2, 0) is 14.4 Å². The van der Waals surface area contributed by atoms with Gasteiger partial charge in [0.15, 0.2) is 0 Å². The number of hydrogen-bond acceptors (Lipinski definition) is 5. The van der Waals surface area contributed by atoms with Crippen LogP contribution in [-0.4, -0.2) is 34.0 Å². The number of imide groups is 1. The summed E-state index contributed by atoms with van der Waals surface area (Å²) >= 11 is 5.87. The molecule has 2 aromatic carbocycles. The minimum atomic E-state index is -1.23. The molecule has 7 nitrogen and oxygen atoms in total. The van der Waals surface area contributed by atoms with Gasteiger partial charge in [-0.05, 0) is 30.3 Å². The number of fused-ring (bicyclic) bond motifs is 1. The number of carboxylic acids is 1. The zero-order chi connectivity index (χ0) is 19.3. The molecule has 0 radical (unpaired) electrons. The Balaban J connectivity index is 1.79. The number of rotatable bonds is 3. The lowest BCUT2D eigenvalue weighted by Gasteiger charge is -2.22. The Morgan fingerprint density at radius 3 is 2.26 bits per heavy atom. The number of phenolic OH excluding ortho intramolecular Hbond substituents is 1. The zero-order valence-corrected chi connectivity index (χ0v) is 14.6. The van der Waals surface area contributed by atoms with Crippen LogP contribution in [0.5, 0.6) is 5.75 Å². The third-order valence-corrected chi connectivity index (χ3v) is 5.35. The summed E-state index contributed by atoms with van der Waals surface area (Å²) in [5, 5.41) is 23.0. The molecule has 3 N–H and O–H groups in total. The Hall–Kier alpha value is -2.90. The maximum atomic E-state index is 13.1. The molecule has 27 heavy (non-hydrogen) atoms. The molecule has 2 fully saturated rings. The van der Waals surface area contributed by atoms with Gasteiger partial charge in [0, 0.05) is 16.6 Å². The van der Waals surface area contributed by atoms with Crippen molar-refractivity contribution < 1.29 is 24.6 Å². The molecule has 2 aromatic rings. The number of carbonyl (C=O) groups excluding carboxylic acids is 2. The molecule has 8 heteroatoms. The van der Waals surface area contributed by atoms with Gasteiger partial charge in [0.2, 0.25) is 11.8 Å². The Labute approximate surface area is 159 Å². The normalized spacial score (nSPS) is 27.1. The Morgan fingerprint density at radius 2 is 1.63 bits per heavy atom. The minimum absolute atomic E-state index is 0.0648. The highest BCUT2D eigenvalue weighted by Gasteiger charge is 2.61. The number of carbonyl (C=O) groups is 3. The number of nitrogens with zero attached hydrogens (tertiary/aromatic N) is 1. The summed E-state index contributed by atoms with van der Waals surface area (Å²) in [7, 11) is 0. The van der Waals surface area contributed by atoms with Crippen molar-refractivity contribution in [1.82, 2.24) is 5.32 Å². The SMILES string of the molecule is O=C(O)[C@H]1N[C@H](c2ccccc2O)[C@H]2C(=O)N(c3ccc(Cl)cc3)C(=O)[C@@H]21. The lowest BCUT2D eigenvalue weighted by Crippen LogP contribution is -2.43. The molecular weight excluding hydrogens is 372 g/mol. The molecule has 0 bridgehead atoms. The molecule has 0 spiro atoms. The van der Waals surface area contributed by atoms with E-state index in [1.165, 1.54) is 18.2 Å². The van der Waals surface area contributed by atoms with Gasteiger partial charge in [-0.1, -0.05) is 29.8 Å². The topological polar surface area (TPSA) is 107 Å². The Kier molecular flexibility index (Phi) is 4.13. The average Bonchev–Trinajstić information content (AvgIpc) is 3.14. The van der Waals surface area contributed by atoms with Gasteiger partial charge >= 0.3 is 5.97 Å². The fraction of sp³-hybridized carbons (Fsp3) is 0.211. The highest BCUT2D eigenvalue weighted by molar-refractivity contribution is 6.31. The first-order chi connectivity index (χ1) is 12.9. The molecule has 2 saturated heterocycles. The minimum Gasteiger partial charge on any atom is -0.508 e. The first-order valence-electron chi connectivity index (χ1n) is 8.30. The van der Waals surface area contributed by atoms with Gasteiger partial charge < -0.3 is 10.2 Å². The van der Waals surface area contributed by atoms with Crippen LogP contribution in [0.15, 0.2) is 48.5 Å². The number of anilines is 1. The van der Waals surface area contributed by atoms with E-state index >= 15 is 0 Å². The van der Waals surface area contributed by atoms with Crippen LogP contribution in [0.25, 0.3) is 0 Å². The van der Waals surface area contributed by atoms with Gasteiger partial charge in [0.05, 0.1) is 17.5 Å². The first kappa shape index (κ1) is 17.5. The maximum Gasteiger partial charge on any atom is 0.321 e. The van der Waals surface area contributed by atoms with Crippen LogP contribution in [0, 0.1) is 11.8 Å². The van der Waals surface area contributed by atoms with E-state index in [1.54, 1.807) is 30.3 Å². The number of aliphatic carboxylic acids is 1. The van der Waals surface area contributed by atoms with E-state index in [2.05, 4.69) is 5.32 Å². The number of phenols is 1. The summed E-state index contributed by atoms with van der Waals surface area (Å²) in [6.45, 7) is 0. The van der Waals surface area contributed by atoms with Crippen molar-refractivity contribution in [1.29, 1.82) is 0 Å². The van der Waals surface area contributed by atoms with Crippen molar-refractivity contribution in [3.63, 3.8) is 0 Å². The highest BCUT2D eigenvalue weighted by Crippen LogP contribution is 2.46. The molecule has 2 aliphatic rings. The molecule has 4 rings (SSSR count). The standard InChI is InChI=1S/C19H15ClN2O5/c20-9-5-7-10(8-6-9)22-17(24)13-14(18(22)25)16(19(26)27)21-15(13)11-3-1-2-4-12(11)23/h1-8,13-16,21,23H,(H,26,27)/t13-,14-,15+,16-/m0/s1. The van der Waals surface area contributed by atoms with Crippen molar-refractivity contribution in [3.05, 3.63) is 59.1 Å². The summed E-state index contributed by atoms with van der Waals surface area (Å²) in [5.74, 6) is -4.35. The van der Waals surface area contributed by atoms with E-state index in [4.69, 9.17) is 11.6 Å². The van der Waals surface area contributed by atoms with E-state index in [9.17, 15) is 24.6 Å². The van der Waals surface area contributed by atoms with E-state index in [0.717, 1.165) is 4.90 Å². The van der Waals surface area contributed by atoms with Crippen LogP contribution < -0.4 is 10.2 Å². The number of para-hydroxylation sites is 1. The van der Waals surface area contributed by atoms with Crippen LogP contribution >= 0.6 is 11.6 Å². The predicted octanol–water partition coefficient (Wildman–Crippen LogP) is 1.95. The Bertz CT molecular complexity index is 945. The lowest BCUT2D eigenvalue weighted by molar-refractivity contribution is -0.142. The zero-order valence-electron chi connectivity index (χ0n) is 13.9. The van der Waals surface area contributed by atoms with Gasteiger partial charge in [0.1, 0.15) is 11.8 Å². The second kappa shape index (κ2) is 6.37. The van der Waals surface area contributed by atoms with Crippen LogP contribution in [0.1, 0.15) is 11.6 Å². The first-order valence-corrected chi connectivity index (χ1v) is 8.68. The number of nitrogens with one attached hydrogen (secondary N) is 1. The van der Waals surface area contributed by atoms with Crippen molar-refractivity contribution >= 4 is 35.1 Å². The van der Waals surface area contributed by atoms with Gasteiger partial charge in [-0.3, -0.25) is 19.7 Å². The van der Waals surface area contributed by atoms with Crippen molar-refractivity contribution in [2.45, 2.75) is 12.1 Å².